The average molecular weight is 335 g/mol. The molecule has 0 spiro atoms. The van der Waals surface area contributed by atoms with Crippen molar-refractivity contribution in [3.05, 3.63) is 0 Å². The molecule has 4 fully saturated rings. The van der Waals surface area contributed by atoms with Crippen molar-refractivity contribution in [2.24, 2.45) is 11.8 Å². The molecule has 0 aromatic carbocycles. The standard InChI is InChI=1S/C20H38N4/c1-17-5-12-24(13-6-17)20-14-21-8-4-18(20)15-22-11-7-19(16-22)23-9-2-3-10-23/h17-21H,2-16H2,1H3. The number of rotatable bonds is 4. The van der Waals surface area contributed by atoms with Gasteiger partial charge in [0, 0.05) is 31.7 Å². The summed E-state index contributed by atoms with van der Waals surface area (Å²) in [6.45, 7) is 14.3. The van der Waals surface area contributed by atoms with Gasteiger partial charge in [-0.2, -0.15) is 0 Å². The predicted octanol–water partition coefficient (Wildman–Crippen LogP) is 1.87. The maximum Gasteiger partial charge on any atom is 0.0261 e. The van der Waals surface area contributed by atoms with Crippen molar-refractivity contribution in [1.82, 2.24) is 20.0 Å². The van der Waals surface area contributed by atoms with Gasteiger partial charge in [0.15, 0.2) is 0 Å². The summed E-state index contributed by atoms with van der Waals surface area (Å²) >= 11 is 0. The Morgan fingerprint density at radius 3 is 2.46 bits per heavy atom. The van der Waals surface area contributed by atoms with Crippen LogP contribution in [0.15, 0.2) is 0 Å². The van der Waals surface area contributed by atoms with Crippen molar-refractivity contribution in [2.75, 3.05) is 58.9 Å². The Labute approximate surface area is 148 Å². The van der Waals surface area contributed by atoms with Crippen molar-refractivity contribution < 1.29 is 0 Å². The Hall–Kier alpha value is -0.160. The molecule has 0 radical (unpaired) electrons. The van der Waals surface area contributed by atoms with Gasteiger partial charge in [0.2, 0.25) is 0 Å². The zero-order valence-corrected chi connectivity index (χ0v) is 15.8. The molecular formula is C20H38N4. The van der Waals surface area contributed by atoms with Crippen LogP contribution in [0.3, 0.4) is 0 Å². The number of hydrogen-bond donors (Lipinski definition) is 1. The van der Waals surface area contributed by atoms with Crippen LogP contribution < -0.4 is 5.32 Å². The first-order chi connectivity index (χ1) is 11.8. The van der Waals surface area contributed by atoms with E-state index in [0.29, 0.717) is 0 Å². The summed E-state index contributed by atoms with van der Waals surface area (Å²) < 4.78 is 0. The molecule has 4 saturated heterocycles. The van der Waals surface area contributed by atoms with Gasteiger partial charge in [-0.15, -0.1) is 0 Å². The highest BCUT2D eigenvalue weighted by Gasteiger charge is 2.35. The average Bonchev–Trinajstić information content (AvgIpc) is 3.27. The quantitative estimate of drug-likeness (QED) is 0.847. The van der Waals surface area contributed by atoms with Gasteiger partial charge in [0.1, 0.15) is 0 Å². The molecule has 1 N–H and O–H groups in total. The van der Waals surface area contributed by atoms with Crippen molar-refractivity contribution in [3.8, 4) is 0 Å². The van der Waals surface area contributed by atoms with Crippen molar-refractivity contribution in [2.45, 2.75) is 57.5 Å². The van der Waals surface area contributed by atoms with Crippen molar-refractivity contribution >= 4 is 0 Å². The first kappa shape index (κ1) is 17.3. The SMILES string of the molecule is CC1CCN(C2CNCCC2CN2CCC(N3CCCC3)C2)CC1. The molecule has 3 atom stereocenters. The van der Waals surface area contributed by atoms with Gasteiger partial charge >= 0.3 is 0 Å². The molecule has 4 heteroatoms. The fraction of sp³-hybridized carbons (Fsp3) is 1.00. The third kappa shape index (κ3) is 3.98. The number of hydrogen-bond acceptors (Lipinski definition) is 4. The number of likely N-dealkylation sites (tertiary alicyclic amines) is 3. The molecule has 0 saturated carbocycles. The molecule has 24 heavy (non-hydrogen) atoms. The fourth-order valence-corrected chi connectivity index (χ4v) is 5.61. The van der Waals surface area contributed by atoms with Gasteiger partial charge in [-0.3, -0.25) is 9.80 Å². The first-order valence-corrected chi connectivity index (χ1v) is 10.7. The van der Waals surface area contributed by atoms with Crippen molar-refractivity contribution in [1.29, 1.82) is 0 Å². The summed E-state index contributed by atoms with van der Waals surface area (Å²) in [7, 11) is 0. The van der Waals surface area contributed by atoms with E-state index < -0.39 is 0 Å². The van der Waals surface area contributed by atoms with Crippen LogP contribution >= 0.6 is 0 Å². The Balaban J connectivity index is 1.30. The molecule has 4 rings (SSSR count). The Morgan fingerprint density at radius 1 is 0.875 bits per heavy atom. The topological polar surface area (TPSA) is 21.8 Å². The van der Waals surface area contributed by atoms with Gasteiger partial charge in [-0.25, -0.2) is 0 Å². The van der Waals surface area contributed by atoms with E-state index in [1.165, 1.54) is 97.4 Å². The molecule has 0 aromatic heterocycles. The minimum absolute atomic E-state index is 0.789. The van der Waals surface area contributed by atoms with Gasteiger partial charge < -0.3 is 10.2 Å². The maximum atomic E-state index is 3.68. The van der Waals surface area contributed by atoms with Gasteiger partial charge in [0.05, 0.1) is 0 Å². The summed E-state index contributed by atoms with van der Waals surface area (Å²) in [6, 6.07) is 1.65. The summed E-state index contributed by atoms with van der Waals surface area (Å²) in [5, 5.41) is 3.68. The molecular weight excluding hydrogens is 296 g/mol. The molecule has 0 aromatic rings. The highest BCUT2D eigenvalue weighted by molar-refractivity contribution is 4.92. The summed E-state index contributed by atoms with van der Waals surface area (Å²) in [5.74, 6) is 1.83. The highest BCUT2D eigenvalue weighted by atomic mass is 15.3. The van der Waals surface area contributed by atoms with Gasteiger partial charge in [-0.05, 0) is 89.6 Å². The van der Waals surface area contributed by atoms with E-state index in [0.717, 1.165) is 23.9 Å². The second kappa shape index (κ2) is 8.03. The summed E-state index contributed by atoms with van der Waals surface area (Å²) in [4.78, 5) is 8.40. The molecule has 0 aliphatic carbocycles. The van der Waals surface area contributed by atoms with E-state index in [2.05, 4.69) is 26.9 Å². The van der Waals surface area contributed by atoms with E-state index in [1.54, 1.807) is 0 Å². The van der Waals surface area contributed by atoms with Crippen LogP contribution in [0, 0.1) is 11.8 Å². The smallest absolute Gasteiger partial charge is 0.0261 e. The zero-order valence-electron chi connectivity index (χ0n) is 15.8. The predicted molar refractivity (Wildman–Crippen MR) is 100 cm³/mol. The molecule has 0 amide bonds. The Bertz CT molecular complexity index is 387. The molecule has 0 bridgehead atoms. The third-order valence-electron chi connectivity index (χ3n) is 7.27. The lowest BCUT2D eigenvalue weighted by atomic mass is 9.88. The first-order valence-electron chi connectivity index (χ1n) is 10.7. The second-order valence-electron chi connectivity index (χ2n) is 8.98. The summed E-state index contributed by atoms with van der Waals surface area (Å²) in [5.41, 5.74) is 0. The van der Waals surface area contributed by atoms with Crippen LogP contribution in [0.4, 0.5) is 0 Å². The molecule has 4 aliphatic heterocycles. The van der Waals surface area contributed by atoms with Crippen LogP contribution in [-0.4, -0.2) is 85.7 Å². The number of nitrogens with one attached hydrogen (secondary N) is 1. The van der Waals surface area contributed by atoms with Gasteiger partial charge in [-0.1, -0.05) is 6.92 Å². The Morgan fingerprint density at radius 2 is 1.67 bits per heavy atom. The monoisotopic (exact) mass is 334 g/mol. The molecule has 4 aliphatic rings. The number of piperidine rings is 2. The molecule has 4 heterocycles. The van der Waals surface area contributed by atoms with Crippen LogP contribution in [0.1, 0.15) is 45.4 Å². The maximum absolute atomic E-state index is 3.68. The van der Waals surface area contributed by atoms with E-state index in [4.69, 9.17) is 0 Å². The van der Waals surface area contributed by atoms with E-state index in [9.17, 15) is 0 Å². The molecule has 138 valence electrons. The molecule has 4 nitrogen and oxygen atoms in total. The largest absolute Gasteiger partial charge is 0.315 e. The minimum Gasteiger partial charge on any atom is -0.315 e. The number of nitrogens with zero attached hydrogens (tertiary/aromatic N) is 3. The van der Waals surface area contributed by atoms with Crippen LogP contribution in [-0.2, 0) is 0 Å². The summed E-state index contributed by atoms with van der Waals surface area (Å²) in [6.07, 6.45) is 8.47. The fourth-order valence-electron chi connectivity index (χ4n) is 5.61. The van der Waals surface area contributed by atoms with Crippen molar-refractivity contribution in [3.63, 3.8) is 0 Å². The zero-order chi connectivity index (χ0) is 16.4. The van der Waals surface area contributed by atoms with Crippen LogP contribution in [0.2, 0.25) is 0 Å². The lowest BCUT2D eigenvalue weighted by Crippen LogP contribution is -2.55. The van der Waals surface area contributed by atoms with E-state index in [-0.39, 0.29) is 0 Å². The highest BCUT2D eigenvalue weighted by Crippen LogP contribution is 2.27. The second-order valence-corrected chi connectivity index (χ2v) is 8.98. The van der Waals surface area contributed by atoms with E-state index in [1.807, 2.05) is 0 Å². The Kier molecular flexibility index (Phi) is 5.77. The lowest BCUT2D eigenvalue weighted by Gasteiger charge is -2.44. The van der Waals surface area contributed by atoms with Crippen LogP contribution in [0.25, 0.3) is 0 Å². The lowest BCUT2D eigenvalue weighted by molar-refractivity contribution is 0.0635. The van der Waals surface area contributed by atoms with E-state index >= 15 is 0 Å². The van der Waals surface area contributed by atoms with Gasteiger partial charge in [0.25, 0.3) is 0 Å². The normalized spacial score (nSPS) is 38.1. The third-order valence-corrected chi connectivity index (χ3v) is 7.27. The minimum atomic E-state index is 0.789. The van der Waals surface area contributed by atoms with Crippen LogP contribution in [0.5, 0.6) is 0 Å². The molecule has 3 unspecified atom stereocenters.